The smallest absolute Gasteiger partial charge is 0.341 e. The fourth-order valence-corrected chi connectivity index (χ4v) is 4.28. The summed E-state index contributed by atoms with van der Waals surface area (Å²) >= 11 is 1.37. The molecule has 148 valence electrons. The summed E-state index contributed by atoms with van der Waals surface area (Å²) < 4.78 is 9.91. The summed E-state index contributed by atoms with van der Waals surface area (Å²) in [5.41, 5.74) is 1.20. The van der Waals surface area contributed by atoms with Gasteiger partial charge >= 0.3 is 5.97 Å². The number of phenolic OH excluding ortho intramolecular Hbond substituents is 1. The van der Waals surface area contributed by atoms with Crippen LogP contribution in [0.5, 0.6) is 11.5 Å². The minimum atomic E-state index is -0.584. The molecule has 0 saturated heterocycles. The maximum atomic E-state index is 12.3. The summed E-state index contributed by atoms with van der Waals surface area (Å²) in [5.74, 6) is -0.775. The molecule has 1 aromatic carbocycles. The molecule has 1 N–H and O–H groups in total. The van der Waals surface area contributed by atoms with Crippen molar-refractivity contribution in [3.63, 3.8) is 0 Å². The third kappa shape index (κ3) is 3.69. The van der Waals surface area contributed by atoms with Gasteiger partial charge < -0.3 is 19.5 Å². The number of carbonyl (C=O) groups excluding carboxylic acids is 1. The zero-order valence-corrected chi connectivity index (χ0v) is 16.4. The highest BCUT2D eigenvalue weighted by Crippen LogP contribution is 2.40. The van der Waals surface area contributed by atoms with E-state index in [1.807, 2.05) is 7.05 Å². The normalized spacial score (nSPS) is 14.1. The van der Waals surface area contributed by atoms with Crippen LogP contribution in [0.3, 0.4) is 0 Å². The second kappa shape index (κ2) is 7.95. The highest BCUT2D eigenvalue weighted by molar-refractivity contribution is 7.16. The van der Waals surface area contributed by atoms with Crippen LogP contribution in [0.1, 0.15) is 26.4 Å². The number of carbonyl (C=O) groups is 1. The van der Waals surface area contributed by atoms with Gasteiger partial charge in [0.25, 0.3) is 5.69 Å². The number of aliphatic imine (C=N–C) groups is 1. The molecule has 28 heavy (non-hydrogen) atoms. The van der Waals surface area contributed by atoms with Gasteiger partial charge in [0.15, 0.2) is 11.5 Å². The number of aromatic hydroxyl groups is 1. The van der Waals surface area contributed by atoms with Crippen molar-refractivity contribution in [2.45, 2.75) is 13.0 Å². The molecule has 0 aliphatic carbocycles. The Bertz CT molecular complexity index is 969. The molecule has 2 aromatic rings. The summed E-state index contributed by atoms with van der Waals surface area (Å²) in [6.45, 7) is 1.52. The van der Waals surface area contributed by atoms with Crippen molar-refractivity contribution in [1.82, 2.24) is 4.90 Å². The number of non-ortho nitro benzene ring substituents is 1. The Hall–Kier alpha value is -2.98. The number of nitrogens with zero attached hydrogens (tertiary/aromatic N) is 3. The van der Waals surface area contributed by atoms with Gasteiger partial charge in [0.2, 0.25) is 0 Å². The largest absolute Gasteiger partial charge is 0.504 e. The number of esters is 1. The number of likely N-dealkylation sites (N-methyl/N-ethyl adjacent to an activating group) is 1. The van der Waals surface area contributed by atoms with Gasteiger partial charge in [0.1, 0.15) is 5.00 Å². The van der Waals surface area contributed by atoms with E-state index in [1.54, 1.807) is 0 Å². The topological polar surface area (TPSA) is 114 Å². The lowest BCUT2D eigenvalue weighted by molar-refractivity contribution is -0.385. The van der Waals surface area contributed by atoms with Gasteiger partial charge in [-0.3, -0.25) is 10.1 Å². The van der Waals surface area contributed by atoms with Crippen molar-refractivity contribution in [2.24, 2.45) is 4.99 Å². The lowest BCUT2D eigenvalue weighted by Crippen LogP contribution is -2.26. The molecule has 0 amide bonds. The number of rotatable bonds is 5. The van der Waals surface area contributed by atoms with Crippen LogP contribution in [0.25, 0.3) is 0 Å². The number of ether oxygens (including phenoxy) is 2. The first-order chi connectivity index (χ1) is 13.3. The number of benzene rings is 1. The number of phenols is 1. The number of nitro groups is 1. The molecular formula is C18H19N3O6S. The highest BCUT2D eigenvalue weighted by Gasteiger charge is 2.27. The Kier molecular flexibility index (Phi) is 5.61. The lowest BCUT2D eigenvalue weighted by atomic mass is 10.0. The van der Waals surface area contributed by atoms with Gasteiger partial charge in [-0.15, -0.1) is 11.3 Å². The molecule has 1 aliphatic rings. The number of fused-ring (bicyclic) bond motifs is 1. The predicted octanol–water partition coefficient (Wildman–Crippen LogP) is 2.90. The van der Waals surface area contributed by atoms with Gasteiger partial charge in [-0.1, -0.05) is 0 Å². The van der Waals surface area contributed by atoms with Crippen LogP contribution >= 0.6 is 11.3 Å². The Balaban J connectivity index is 2.07. The first-order valence-corrected chi connectivity index (χ1v) is 9.18. The van der Waals surface area contributed by atoms with Crippen LogP contribution in [0.2, 0.25) is 0 Å². The monoisotopic (exact) mass is 405 g/mol. The molecule has 0 bridgehead atoms. The van der Waals surface area contributed by atoms with Crippen molar-refractivity contribution in [1.29, 1.82) is 0 Å². The molecule has 0 fully saturated rings. The minimum absolute atomic E-state index is 0.0315. The molecule has 3 rings (SSSR count). The minimum Gasteiger partial charge on any atom is -0.504 e. The maximum Gasteiger partial charge on any atom is 0.341 e. The van der Waals surface area contributed by atoms with E-state index < -0.39 is 10.9 Å². The van der Waals surface area contributed by atoms with Crippen molar-refractivity contribution in [2.75, 3.05) is 27.8 Å². The van der Waals surface area contributed by atoms with Crippen LogP contribution in [-0.4, -0.2) is 54.9 Å². The average molecular weight is 405 g/mol. The first-order valence-electron chi connectivity index (χ1n) is 8.36. The fraction of sp³-hybridized carbons (Fsp3) is 0.333. The lowest BCUT2D eigenvalue weighted by Gasteiger charge is -2.22. The molecule has 9 nitrogen and oxygen atoms in total. The summed E-state index contributed by atoms with van der Waals surface area (Å²) in [5, 5.41) is 21.8. The van der Waals surface area contributed by atoms with E-state index in [4.69, 9.17) is 9.47 Å². The first kappa shape index (κ1) is 19.8. The Morgan fingerprint density at radius 2 is 2.18 bits per heavy atom. The van der Waals surface area contributed by atoms with E-state index in [0.717, 1.165) is 23.1 Å². The van der Waals surface area contributed by atoms with E-state index in [1.165, 1.54) is 37.8 Å². The van der Waals surface area contributed by atoms with Gasteiger partial charge in [-0.25, -0.2) is 9.79 Å². The third-order valence-corrected chi connectivity index (χ3v) is 5.58. The molecule has 0 spiro atoms. The second-order valence-corrected chi connectivity index (χ2v) is 7.35. The van der Waals surface area contributed by atoms with Crippen LogP contribution in [0, 0.1) is 10.1 Å². The van der Waals surface area contributed by atoms with Gasteiger partial charge in [0.05, 0.1) is 30.8 Å². The fourth-order valence-electron chi connectivity index (χ4n) is 3.02. The van der Waals surface area contributed by atoms with E-state index >= 15 is 0 Å². The molecule has 0 atom stereocenters. The Morgan fingerprint density at radius 1 is 1.43 bits per heavy atom. The van der Waals surface area contributed by atoms with Crippen molar-refractivity contribution in [3.8, 4) is 11.5 Å². The number of hydrogen-bond donors (Lipinski definition) is 1. The number of thiophene rings is 1. The highest BCUT2D eigenvalue weighted by atomic mass is 32.1. The molecule has 1 aliphatic heterocycles. The van der Waals surface area contributed by atoms with Crippen LogP contribution in [-0.2, 0) is 17.7 Å². The van der Waals surface area contributed by atoms with Crippen molar-refractivity contribution in [3.05, 3.63) is 43.8 Å². The van der Waals surface area contributed by atoms with Crippen molar-refractivity contribution < 1.29 is 24.3 Å². The summed E-state index contributed by atoms with van der Waals surface area (Å²) in [7, 11) is 4.61. The average Bonchev–Trinajstić information content (AvgIpc) is 3.03. The SMILES string of the molecule is COC(=O)c1c(/N=C/c2cc([N+](=O)[O-])cc(OC)c2O)sc2c1CCN(C)C2. The maximum absolute atomic E-state index is 12.3. The van der Waals surface area contributed by atoms with E-state index in [0.29, 0.717) is 23.5 Å². The Morgan fingerprint density at radius 3 is 2.82 bits per heavy atom. The van der Waals surface area contributed by atoms with Gasteiger partial charge in [-0.2, -0.15) is 0 Å². The van der Waals surface area contributed by atoms with Crippen LogP contribution in [0.15, 0.2) is 17.1 Å². The number of hydrogen-bond acceptors (Lipinski definition) is 9. The summed E-state index contributed by atoms with van der Waals surface area (Å²) in [4.78, 5) is 30.4. The predicted molar refractivity (Wildman–Crippen MR) is 104 cm³/mol. The number of methoxy groups -OCH3 is 2. The zero-order chi connectivity index (χ0) is 20.4. The molecular weight excluding hydrogens is 386 g/mol. The van der Waals surface area contributed by atoms with Crippen LogP contribution < -0.4 is 4.74 Å². The van der Waals surface area contributed by atoms with Crippen LogP contribution in [0.4, 0.5) is 10.7 Å². The molecule has 1 aromatic heterocycles. The standard InChI is InChI=1S/C18H19N3O6S/c1-20-5-4-12-14(9-20)28-17(15(12)18(23)27-3)19-8-10-6-11(21(24)25)7-13(26-2)16(10)22/h6-8,22H,4-5,9H2,1-3H3/b19-8+. The van der Waals surface area contributed by atoms with E-state index in [2.05, 4.69) is 9.89 Å². The van der Waals surface area contributed by atoms with Gasteiger partial charge in [0, 0.05) is 35.8 Å². The van der Waals surface area contributed by atoms with E-state index in [-0.39, 0.29) is 22.7 Å². The molecule has 0 unspecified atom stereocenters. The quantitative estimate of drug-likeness (QED) is 0.352. The second-order valence-electron chi connectivity index (χ2n) is 6.26. The number of nitro benzene ring substituents is 1. The molecule has 0 saturated carbocycles. The third-order valence-electron chi connectivity index (χ3n) is 4.46. The summed E-state index contributed by atoms with van der Waals surface area (Å²) in [6, 6.07) is 2.33. The van der Waals surface area contributed by atoms with Gasteiger partial charge in [-0.05, 0) is 19.0 Å². The summed E-state index contributed by atoms with van der Waals surface area (Å²) in [6.07, 6.45) is 2.00. The Labute approximate surface area is 165 Å². The van der Waals surface area contributed by atoms with Crippen molar-refractivity contribution >= 4 is 34.2 Å². The van der Waals surface area contributed by atoms with E-state index in [9.17, 15) is 20.0 Å². The molecule has 0 radical (unpaired) electrons. The molecule has 10 heteroatoms. The molecule has 2 heterocycles. The zero-order valence-electron chi connectivity index (χ0n) is 15.6.